The van der Waals surface area contributed by atoms with Gasteiger partial charge in [0, 0.05) is 16.6 Å². The molecule has 4 heteroatoms. The van der Waals surface area contributed by atoms with Crippen molar-refractivity contribution in [2.24, 2.45) is 0 Å². The molecule has 0 spiro atoms. The van der Waals surface area contributed by atoms with Gasteiger partial charge in [0.1, 0.15) is 6.33 Å². The van der Waals surface area contributed by atoms with E-state index in [2.05, 4.69) is 46.0 Å². The Hall–Kier alpha value is -1.16. The minimum absolute atomic E-state index is 0.883. The van der Waals surface area contributed by atoms with Crippen LogP contribution in [0.2, 0.25) is 0 Å². The van der Waals surface area contributed by atoms with Gasteiger partial charge in [-0.05, 0) is 25.5 Å². The lowest BCUT2D eigenvalue weighted by molar-refractivity contribution is 0.766. The zero-order valence-corrected chi connectivity index (χ0v) is 10.3. The molecule has 2 rings (SSSR count). The van der Waals surface area contributed by atoms with Gasteiger partial charge in [-0.2, -0.15) is 0 Å². The second-order valence-electron chi connectivity index (χ2n) is 3.35. The summed E-state index contributed by atoms with van der Waals surface area (Å²) in [6, 6.07) is 6.11. The minimum Gasteiger partial charge on any atom is -0.314 e. The maximum atomic E-state index is 4.15. The monoisotopic (exact) mass is 265 g/mol. The maximum Gasteiger partial charge on any atom is 0.164 e. The molecule has 2 aromatic rings. The Kier molecular flexibility index (Phi) is 2.86. The first-order valence-electron chi connectivity index (χ1n) is 4.87. The van der Waals surface area contributed by atoms with Crippen LogP contribution < -0.4 is 0 Å². The highest BCUT2D eigenvalue weighted by molar-refractivity contribution is 9.10. The van der Waals surface area contributed by atoms with Crippen LogP contribution in [0, 0.1) is 6.92 Å². The zero-order valence-electron chi connectivity index (χ0n) is 8.74. The Bertz CT molecular complexity index is 476. The lowest BCUT2D eigenvalue weighted by Gasteiger charge is -2.07. The topological polar surface area (TPSA) is 30.7 Å². The van der Waals surface area contributed by atoms with Crippen molar-refractivity contribution in [3.63, 3.8) is 0 Å². The molecule has 0 aliphatic heterocycles. The second kappa shape index (κ2) is 4.14. The van der Waals surface area contributed by atoms with Crippen molar-refractivity contribution in [3.05, 3.63) is 34.6 Å². The number of halogens is 1. The van der Waals surface area contributed by atoms with Crippen molar-refractivity contribution in [2.45, 2.75) is 20.4 Å². The van der Waals surface area contributed by atoms with E-state index in [0.717, 1.165) is 22.4 Å². The number of rotatable bonds is 2. The molecule has 15 heavy (non-hydrogen) atoms. The van der Waals surface area contributed by atoms with Crippen LogP contribution in [0.1, 0.15) is 12.5 Å². The van der Waals surface area contributed by atoms with Crippen LogP contribution in [0.25, 0.3) is 11.4 Å². The molecule has 0 saturated heterocycles. The normalized spacial score (nSPS) is 10.6. The third-order valence-corrected chi connectivity index (χ3v) is 3.32. The first-order valence-corrected chi connectivity index (χ1v) is 5.66. The van der Waals surface area contributed by atoms with Crippen molar-refractivity contribution in [1.82, 2.24) is 14.8 Å². The van der Waals surface area contributed by atoms with Crippen LogP contribution in [-0.2, 0) is 6.54 Å². The van der Waals surface area contributed by atoms with E-state index in [1.165, 1.54) is 5.56 Å². The zero-order chi connectivity index (χ0) is 10.8. The quantitative estimate of drug-likeness (QED) is 0.836. The molecule has 1 aromatic carbocycles. The molecule has 0 fully saturated rings. The Morgan fingerprint density at radius 1 is 1.40 bits per heavy atom. The SMILES string of the molecule is CCn1cnnc1-c1cccc(Br)c1C. The van der Waals surface area contributed by atoms with Gasteiger partial charge in [0.15, 0.2) is 5.82 Å². The van der Waals surface area contributed by atoms with Crippen molar-refractivity contribution < 1.29 is 0 Å². The third kappa shape index (κ3) is 1.81. The van der Waals surface area contributed by atoms with E-state index >= 15 is 0 Å². The van der Waals surface area contributed by atoms with E-state index in [9.17, 15) is 0 Å². The molecular formula is C11H12BrN3. The van der Waals surface area contributed by atoms with Gasteiger partial charge in [-0.1, -0.05) is 28.1 Å². The molecule has 1 heterocycles. The maximum absolute atomic E-state index is 4.15. The molecule has 0 aliphatic carbocycles. The van der Waals surface area contributed by atoms with Gasteiger partial charge in [0.05, 0.1) is 0 Å². The molecule has 0 radical (unpaired) electrons. The van der Waals surface area contributed by atoms with Crippen molar-refractivity contribution in [1.29, 1.82) is 0 Å². The molecular weight excluding hydrogens is 254 g/mol. The van der Waals surface area contributed by atoms with Crippen molar-refractivity contribution in [2.75, 3.05) is 0 Å². The second-order valence-corrected chi connectivity index (χ2v) is 4.21. The van der Waals surface area contributed by atoms with E-state index in [1.54, 1.807) is 6.33 Å². The summed E-state index contributed by atoms with van der Waals surface area (Å²) in [4.78, 5) is 0. The molecule has 1 aromatic heterocycles. The van der Waals surface area contributed by atoms with E-state index in [4.69, 9.17) is 0 Å². The molecule has 0 unspecified atom stereocenters. The summed E-state index contributed by atoms with van der Waals surface area (Å²) in [5.74, 6) is 0.927. The molecule has 0 saturated carbocycles. The lowest BCUT2D eigenvalue weighted by atomic mass is 10.1. The molecule has 3 nitrogen and oxygen atoms in total. The molecule has 0 amide bonds. The summed E-state index contributed by atoms with van der Waals surface area (Å²) in [6.07, 6.45) is 1.76. The molecule has 78 valence electrons. The summed E-state index contributed by atoms with van der Waals surface area (Å²) in [5, 5.41) is 8.09. The number of nitrogens with zero attached hydrogens (tertiary/aromatic N) is 3. The minimum atomic E-state index is 0.883. The fourth-order valence-electron chi connectivity index (χ4n) is 1.54. The smallest absolute Gasteiger partial charge is 0.164 e. The van der Waals surface area contributed by atoms with Crippen LogP contribution >= 0.6 is 15.9 Å². The summed E-state index contributed by atoms with van der Waals surface area (Å²) >= 11 is 3.52. The standard InChI is InChI=1S/C11H12BrN3/c1-3-15-7-13-14-11(15)9-5-4-6-10(12)8(9)2/h4-7H,3H2,1-2H3. The van der Waals surface area contributed by atoms with E-state index < -0.39 is 0 Å². The van der Waals surface area contributed by atoms with Gasteiger partial charge in [0.25, 0.3) is 0 Å². The highest BCUT2D eigenvalue weighted by atomic mass is 79.9. The number of aryl methyl sites for hydroxylation is 1. The predicted molar refractivity (Wildman–Crippen MR) is 63.6 cm³/mol. The van der Waals surface area contributed by atoms with Crippen LogP contribution in [0.15, 0.2) is 29.0 Å². The van der Waals surface area contributed by atoms with Crippen LogP contribution in [-0.4, -0.2) is 14.8 Å². The fourth-order valence-corrected chi connectivity index (χ4v) is 1.91. The van der Waals surface area contributed by atoms with Gasteiger partial charge >= 0.3 is 0 Å². The largest absolute Gasteiger partial charge is 0.314 e. The summed E-state index contributed by atoms with van der Waals surface area (Å²) in [7, 11) is 0. The van der Waals surface area contributed by atoms with E-state index in [0.29, 0.717) is 0 Å². The Labute approximate surface area is 97.3 Å². The number of hydrogen-bond acceptors (Lipinski definition) is 2. The van der Waals surface area contributed by atoms with Crippen LogP contribution in [0.3, 0.4) is 0 Å². The van der Waals surface area contributed by atoms with Crippen molar-refractivity contribution >= 4 is 15.9 Å². The number of benzene rings is 1. The van der Waals surface area contributed by atoms with Crippen LogP contribution in [0.5, 0.6) is 0 Å². The Morgan fingerprint density at radius 3 is 2.93 bits per heavy atom. The summed E-state index contributed by atoms with van der Waals surface area (Å²) in [5.41, 5.74) is 2.32. The first kappa shape index (κ1) is 10.4. The Balaban J connectivity index is 2.59. The predicted octanol–water partition coefficient (Wildman–Crippen LogP) is 3.04. The average molecular weight is 266 g/mol. The molecule has 0 aliphatic rings. The molecule has 0 N–H and O–H groups in total. The average Bonchev–Trinajstić information content (AvgIpc) is 2.70. The number of hydrogen-bond donors (Lipinski definition) is 0. The fraction of sp³-hybridized carbons (Fsp3) is 0.273. The van der Waals surface area contributed by atoms with E-state index in [-0.39, 0.29) is 0 Å². The van der Waals surface area contributed by atoms with Crippen LogP contribution in [0.4, 0.5) is 0 Å². The highest BCUT2D eigenvalue weighted by Crippen LogP contribution is 2.26. The van der Waals surface area contributed by atoms with Gasteiger partial charge in [-0.3, -0.25) is 0 Å². The van der Waals surface area contributed by atoms with Crippen molar-refractivity contribution in [3.8, 4) is 11.4 Å². The first-order chi connectivity index (χ1) is 7.24. The molecule has 0 bridgehead atoms. The van der Waals surface area contributed by atoms with Gasteiger partial charge < -0.3 is 4.57 Å². The summed E-state index contributed by atoms with van der Waals surface area (Å²) < 4.78 is 3.14. The lowest BCUT2D eigenvalue weighted by Crippen LogP contribution is -1.97. The highest BCUT2D eigenvalue weighted by Gasteiger charge is 2.09. The van der Waals surface area contributed by atoms with Gasteiger partial charge in [0.2, 0.25) is 0 Å². The molecule has 0 atom stereocenters. The van der Waals surface area contributed by atoms with E-state index in [1.807, 2.05) is 16.7 Å². The third-order valence-electron chi connectivity index (χ3n) is 2.46. The van der Waals surface area contributed by atoms with Gasteiger partial charge in [-0.15, -0.1) is 10.2 Å². The summed E-state index contributed by atoms with van der Waals surface area (Å²) in [6.45, 7) is 5.04. The number of aromatic nitrogens is 3. The Morgan fingerprint density at radius 2 is 2.20 bits per heavy atom. The van der Waals surface area contributed by atoms with Gasteiger partial charge in [-0.25, -0.2) is 0 Å².